The molecule has 2 aromatic carbocycles. The smallest absolute Gasteiger partial charge is 0.261 e. The van der Waals surface area contributed by atoms with Gasteiger partial charge in [-0.25, -0.2) is 8.42 Å². The molecule has 0 aliphatic rings. The lowest BCUT2D eigenvalue weighted by atomic mass is 10.3. The van der Waals surface area contributed by atoms with E-state index < -0.39 is 10.0 Å². The van der Waals surface area contributed by atoms with Crippen LogP contribution in [0.2, 0.25) is 10.0 Å². The largest absolute Gasteiger partial charge is 0.505 e. The average molecular weight is 397 g/mol. The maximum Gasteiger partial charge on any atom is 0.261 e. The van der Waals surface area contributed by atoms with E-state index >= 15 is 0 Å². The number of aromatic hydroxyl groups is 1. The Morgan fingerprint density at radius 1 is 1.10 bits per heavy atom. The summed E-state index contributed by atoms with van der Waals surface area (Å²) in [5.41, 5.74) is 0.165. The van der Waals surface area contributed by atoms with E-state index in [1.165, 1.54) is 24.3 Å². The Bertz CT molecular complexity index is 742. The number of phenols is 1. The number of hydrogen-bond donors (Lipinski definition) is 2. The topological polar surface area (TPSA) is 66.4 Å². The Hall–Kier alpha value is -0.950. The van der Waals surface area contributed by atoms with Crippen molar-refractivity contribution in [2.75, 3.05) is 4.72 Å². The summed E-state index contributed by atoms with van der Waals surface area (Å²) in [4.78, 5) is 0.0900. The lowest BCUT2D eigenvalue weighted by molar-refractivity contribution is 0.476. The van der Waals surface area contributed by atoms with E-state index in [1.807, 2.05) is 0 Å². The Labute approximate surface area is 134 Å². The standard InChI is InChI=1S/C12H8BrCl2NO3S/c13-7-2-1-3-9(4-7)20(18,19)16-8-5-10(14)12(17)11(15)6-8/h1-6,16-17H. The van der Waals surface area contributed by atoms with Crippen LogP contribution in [0.15, 0.2) is 45.8 Å². The highest BCUT2D eigenvalue weighted by molar-refractivity contribution is 9.10. The van der Waals surface area contributed by atoms with Crippen molar-refractivity contribution in [2.45, 2.75) is 4.90 Å². The summed E-state index contributed by atoms with van der Waals surface area (Å²) < 4.78 is 27.3. The molecule has 0 radical (unpaired) electrons. The fraction of sp³-hybridized carbons (Fsp3) is 0. The van der Waals surface area contributed by atoms with E-state index in [0.29, 0.717) is 4.47 Å². The zero-order valence-corrected chi connectivity index (χ0v) is 13.7. The molecule has 2 rings (SSSR count). The third kappa shape index (κ3) is 3.38. The second kappa shape index (κ2) is 5.81. The maximum atomic E-state index is 12.2. The molecule has 0 aliphatic heterocycles. The summed E-state index contributed by atoms with van der Waals surface area (Å²) in [7, 11) is -3.76. The van der Waals surface area contributed by atoms with E-state index in [-0.39, 0.29) is 26.4 Å². The predicted molar refractivity (Wildman–Crippen MR) is 83.1 cm³/mol. The van der Waals surface area contributed by atoms with Gasteiger partial charge in [-0.1, -0.05) is 45.2 Å². The molecule has 0 aliphatic carbocycles. The third-order valence-electron chi connectivity index (χ3n) is 2.38. The molecule has 8 heteroatoms. The normalized spacial score (nSPS) is 11.3. The van der Waals surface area contributed by atoms with E-state index in [4.69, 9.17) is 23.2 Å². The minimum Gasteiger partial charge on any atom is -0.505 e. The number of sulfonamides is 1. The summed E-state index contributed by atoms with van der Waals surface area (Å²) in [6.45, 7) is 0. The van der Waals surface area contributed by atoms with Crippen molar-refractivity contribution < 1.29 is 13.5 Å². The molecule has 0 fully saturated rings. The quantitative estimate of drug-likeness (QED) is 0.761. The number of nitrogens with one attached hydrogen (secondary N) is 1. The van der Waals surface area contributed by atoms with Crippen LogP contribution in [0.25, 0.3) is 0 Å². The van der Waals surface area contributed by atoms with Crippen LogP contribution >= 0.6 is 39.1 Å². The molecule has 0 unspecified atom stereocenters. The van der Waals surface area contributed by atoms with Gasteiger partial charge in [0.25, 0.3) is 10.0 Å². The second-order valence-electron chi connectivity index (χ2n) is 3.85. The van der Waals surface area contributed by atoms with Crippen LogP contribution in [0, 0.1) is 0 Å². The van der Waals surface area contributed by atoms with Gasteiger partial charge in [-0.05, 0) is 30.3 Å². The van der Waals surface area contributed by atoms with Crippen molar-refractivity contribution in [1.29, 1.82) is 0 Å². The van der Waals surface area contributed by atoms with Crippen LogP contribution in [0.1, 0.15) is 0 Å². The van der Waals surface area contributed by atoms with Gasteiger partial charge in [0.15, 0.2) is 5.75 Å². The molecule has 0 amide bonds. The minimum atomic E-state index is -3.76. The fourth-order valence-corrected chi connectivity index (χ4v) is 3.60. The van der Waals surface area contributed by atoms with E-state index in [9.17, 15) is 13.5 Å². The molecule has 0 saturated carbocycles. The molecule has 0 spiro atoms. The van der Waals surface area contributed by atoms with Crippen LogP contribution in [0.4, 0.5) is 5.69 Å². The Morgan fingerprint density at radius 3 is 2.25 bits per heavy atom. The first-order valence-electron chi connectivity index (χ1n) is 5.26. The molecule has 106 valence electrons. The zero-order chi connectivity index (χ0) is 14.9. The molecule has 4 nitrogen and oxygen atoms in total. The number of hydrogen-bond acceptors (Lipinski definition) is 3. The molecular formula is C12H8BrCl2NO3S. The number of rotatable bonds is 3. The summed E-state index contributed by atoms with van der Waals surface area (Å²) in [5.74, 6) is -0.293. The van der Waals surface area contributed by atoms with Gasteiger partial charge >= 0.3 is 0 Å². The number of benzene rings is 2. The Balaban J connectivity index is 2.38. The minimum absolute atomic E-state index is 0.0376. The molecule has 2 N–H and O–H groups in total. The Kier molecular flexibility index (Phi) is 4.49. The van der Waals surface area contributed by atoms with E-state index in [2.05, 4.69) is 20.7 Å². The van der Waals surface area contributed by atoms with Crippen molar-refractivity contribution in [3.05, 3.63) is 50.9 Å². The highest BCUT2D eigenvalue weighted by Crippen LogP contribution is 2.35. The lowest BCUT2D eigenvalue weighted by Gasteiger charge is -2.10. The van der Waals surface area contributed by atoms with Gasteiger partial charge in [-0.2, -0.15) is 0 Å². The molecular weight excluding hydrogens is 389 g/mol. The third-order valence-corrected chi connectivity index (χ3v) is 4.82. The van der Waals surface area contributed by atoms with Gasteiger partial charge < -0.3 is 5.11 Å². The van der Waals surface area contributed by atoms with Crippen molar-refractivity contribution >= 4 is 54.8 Å². The molecule has 2 aromatic rings. The predicted octanol–water partition coefficient (Wildman–Crippen LogP) is 4.26. The van der Waals surface area contributed by atoms with Gasteiger partial charge in [-0.3, -0.25) is 4.72 Å². The maximum absolute atomic E-state index is 12.2. The summed E-state index contributed by atoms with van der Waals surface area (Å²) in [6.07, 6.45) is 0. The molecule has 0 saturated heterocycles. The first-order valence-corrected chi connectivity index (χ1v) is 8.29. The van der Waals surface area contributed by atoms with Crippen molar-refractivity contribution in [2.24, 2.45) is 0 Å². The second-order valence-corrected chi connectivity index (χ2v) is 7.26. The van der Waals surface area contributed by atoms with Crippen LogP contribution in [-0.4, -0.2) is 13.5 Å². The highest BCUT2D eigenvalue weighted by atomic mass is 79.9. The van der Waals surface area contributed by atoms with Gasteiger partial charge in [0.1, 0.15) is 0 Å². The molecule has 0 aromatic heterocycles. The van der Waals surface area contributed by atoms with Crippen LogP contribution in [0.5, 0.6) is 5.75 Å². The number of phenolic OH excluding ortho intramolecular Hbond substituents is 1. The first-order chi connectivity index (χ1) is 9.29. The van der Waals surface area contributed by atoms with Crippen molar-refractivity contribution in [1.82, 2.24) is 0 Å². The SMILES string of the molecule is O=S(=O)(Nc1cc(Cl)c(O)c(Cl)c1)c1cccc(Br)c1. The van der Waals surface area contributed by atoms with Crippen LogP contribution < -0.4 is 4.72 Å². The van der Waals surface area contributed by atoms with Gasteiger partial charge in [0.05, 0.1) is 20.6 Å². The molecule has 0 atom stereocenters. The van der Waals surface area contributed by atoms with Crippen molar-refractivity contribution in [3.63, 3.8) is 0 Å². The monoisotopic (exact) mass is 395 g/mol. The summed E-state index contributed by atoms with van der Waals surface area (Å²) in [5, 5.41) is 9.36. The number of halogens is 3. The van der Waals surface area contributed by atoms with Crippen LogP contribution in [-0.2, 0) is 10.0 Å². The van der Waals surface area contributed by atoms with Crippen molar-refractivity contribution in [3.8, 4) is 5.75 Å². The lowest BCUT2D eigenvalue weighted by Crippen LogP contribution is -2.12. The van der Waals surface area contributed by atoms with Gasteiger partial charge in [0.2, 0.25) is 0 Å². The molecule has 0 heterocycles. The molecule has 20 heavy (non-hydrogen) atoms. The average Bonchev–Trinajstić information content (AvgIpc) is 2.35. The fourth-order valence-electron chi connectivity index (χ4n) is 1.47. The highest BCUT2D eigenvalue weighted by Gasteiger charge is 2.16. The van der Waals surface area contributed by atoms with E-state index in [0.717, 1.165) is 0 Å². The summed E-state index contributed by atoms with van der Waals surface area (Å²) in [6, 6.07) is 8.79. The Morgan fingerprint density at radius 2 is 1.70 bits per heavy atom. The van der Waals surface area contributed by atoms with Crippen LogP contribution in [0.3, 0.4) is 0 Å². The summed E-state index contributed by atoms with van der Waals surface area (Å²) >= 11 is 14.7. The van der Waals surface area contributed by atoms with E-state index in [1.54, 1.807) is 12.1 Å². The van der Waals surface area contributed by atoms with Gasteiger partial charge in [-0.15, -0.1) is 0 Å². The molecule has 0 bridgehead atoms. The first kappa shape index (κ1) is 15.4. The zero-order valence-electron chi connectivity index (χ0n) is 9.77. The number of anilines is 1. The van der Waals surface area contributed by atoms with Gasteiger partial charge in [0, 0.05) is 4.47 Å².